The Labute approximate surface area is 190 Å². The number of urea groups is 1. The number of nitrogens with zero attached hydrogens (tertiary/aromatic N) is 2. The van der Waals surface area contributed by atoms with Gasteiger partial charge in [-0.25, -0.2) is 14.4 Å². The third-order valence-electron chi connectivity index (χ3n) is 4.90. The second kappa shape index (κ2) is 11.5. The first-order valence-electron chi connectivity index (χ1n) is 11.0. The van der Waals surface area contributed by atoms with E-state index in [1.807, 2.05) is 32.9 Å². The molecule has 1 aliphatic rings. The number of carbonyl (C=O) groups is 3. The number of rotatable bonds is 6. The molecule has 1 N–H and O–H groups in total. The van der Waals surface area contributed by atoms with Crippen LogP contribution in [0.1, 0.15) is 46.1 Å². The first-order chi connectivity index (χ1) is 15.1. The minimum Gasteiger partial charge on any atom is -0.463 e. The van der Waals surface area contributed by atoms with E-state index in [4.69, 9.17) is 9.47 Å². The highest BCUT2D eigenvalue weighted by Crippen LogP contribution is 2.20. The number of nitrogens with one attached hydrogen (secondary N) is 1. The number of carbonyl (C=O) groups excluding carboxylic acids is 3. The molecule has 8 heteroatoms. The molecule has 0 saturated carbocycles. The Morgan fingerprint density at radius 2 is 1.91 bits per heavy atom. The van der Waals surface area contributed by atoms with Crippen LogP contribution in [0, 0.1) is 5.92 Å². The van der Waals surface area contributed by atoms with Crippen molar-refractivity contribution in [3.05, 3.63) is 35.9 Å². The maximum Gasteiger partial charge on any atom is 0.410 e. The summed E-state index contributed by atoms with van der Waals surface area (Å²) in [4.78, 5) is 39.7. The third-order valence-corrected chi connectivity index (χ3v) is 4.90. The zero-order chi connectivity index (χ0) is 23.7. The van der Waals surface area contributed by atoms with Crippen molar-refractivity contribution in [3.63, 3.8) is 0 Å². The summed E-state index contributed by atoms with van der Waals surface area (Å²) in [6, 6.07) is 7.06. The van der Waals surface area contributed by atoms with Crippen LogP contribution in [0.2, 0.25) is 0 Å². The number of ether oxygens (including phenoxy) is 2. The molecule has 0 aromatic heterocycles. The standard InChI is InChI=1S/C24H35N3O5/c1-6-31-21(28)14-11-18-9-12-20(13-10-18)25-22(29)27-15-7-8-19(17-27)16-26(5)23(30)32-24(2,3)4/h9-14,19H,6-8,15-17H2,1-5H3,(H,25,29)/b14-11+. The molecule has 32 heavy (non-hydrogen) atoms. The number of benzene rings is 1. The lowest BCUT2D eigenvalue weighted by Gasteiger charge is -2.35. The minimum absolute atomic E-state index is 0.163. The van der Waals surface area contributed by atoms with Gasteiger partial charge in [-0.15, -0.1) is 0 Å². The van der Waals surface area contributed by atoms with E-state index < -0.39 is 5.60 Å². The lowest BCUT2D eigenvalue weighted by Crippen LogP contribution is -2.46. The molecule has 1 atom stereocenters. The highest BCUT2D eigenvalue weighted by molar-refractivity contribution is 5.90. The first kappa shape index (κ1) is 25.2. The average Bonchev–Trinajstić information content (AvgIpc) is 2.72. The number of piperidine rings is 1. The van der Waals surface area contributed by atoms with Crippen LogP contribution >= 0.6 is 0 Å². The Bertz CT molecular complexity index is 814. The Hall–Kier alpha value is -3.03. The van der Waals surface area contributed by atoms with E-state index in [0.29, 0.717) is 31.9 Å². The van der Waals surface area contributed by atoms with Gasteiger partial charge >= 0.3 is 18.1 Å². The minimum atomic E-state index is -0.534. The second-order valence-electron chi connectivity index (χ2n) is 8.95. The Morgan fingerprint density at radius 1 is 1.22 bits per heavy atom. The van der Waals surface area contributed by atoms with E-state index in [0.717, 1.165) is 18.4 Å². The van der Waals surface area contributed by atoms with Crippen LogP contribution in [0.3, 0.4) is 0 Å². The van der Waals surface area contributed by atoms with E-state index in [1.165, 1.54) is 6.08 Å². The van der Waals surface area contributed by atoms with Gasteiger partial charge in [-0.1, -0.05) is 12.1 Å². The van der Waals surface area contributed by atoms with Gasteiger partial charge in [0.1, 0.15) is 5.60 Å². The zero-order valence-corrected chi connectivity index (χ0v) is 19.7. The van der Waals surface area contributed by atoms with Crippen LogP contribution in [-0.4, -0.2) is 66.8 Å². The molecule has 8 nitrogen and oxygen atoms in total. The van der Waals surface area contributed by atoms with Crippen LogP contribution in [0.15, 0.2) is 30.3 Å². The van der Waals surface area contributed by atoms with Crippen LogP contribution in [0.25, 0.3) is 6.08 Å². The lowest BCUT2D eigenvalue weighted by molar-refractivity contribution is -0.137. The molecular formula is C24H35N3O5. The average molecular weight is 446 g/mol. The highest BCUT2D eigenvalue weighted by atomic mass is 16.6. The molecule has 1 heterocycles. The van der Waals surface area contributed by atoms with E-state index in [-0.39, 0.29) is 24.0 Å². The molecule has 1 saturated heterocycles. The van der Waals surface area contributed by atoms with Crippen molar-refractivity contribution in [1.29, 1.82) is 0 Å². The van der Waals surface area contributed by atoms with Gasteiger partial charge in [0.2, 0.25) is 0 Å². The third kappa shape index (κ3) is 8.61. The van der Waals surface area contributed by atoms with Gasteiger partial charge in [0.05, 0.1) is 6.61 Å². The fraction of sp³-hybridized carbons (Fsp3) is 0.542. The van der Waals surface area contributed by atoms with Crippen molar-refractivity contribution in [2.24, 2.45) is 5.92 Å². The summed E-state index contributed by atoms with van der Waals surface area (Å²) in [5, 5.41) is 2.92. The second-order valence-corrected chi connectivity index (χ2v) is 8.95. The van der Waals surface area contributed by atoms with Crippen molar-refractivity contribution in [2.75, 3.05) is 38.6 Å². The largest absolute Gasteiger partial charge is 0.463 e. The molecule has 1 aliphatic heterocycles. The van der Waals surface area contributed by atoms with Crippen molar-refractivity contribution in [2.45, 2.75) is 46.1 Å². The Kier molecular flexibility index (Phi) is 9.11. The number of anilines is 1. The molecule has 1 aromatic carbocycles. The molecule has 0 bridgehead atoms. The molecule has 0 aliphatic carbocycles. The molecule has 0 spiro atoms. The quantitative estimate of drug-likeness (QED) is 0.519. The van der Waals surface area contributed by atoms with E-state index >= 15 is 0 Å². The van der Waals surface area contributed by atoms with Gasteiger partial charge in [-0.05, 0) is 70.2 Å². The predicted molar refractivity (Wildman–Crippen MR) is 124 cm³/mol. The van der Waals surface area contributed by atoms with Crippen LogP contribution in [-0.2, 0) is 14.3 Å². The molecule has 176 valence electrons. The summed E-state index contributed by atoms with van der Waals surface area (Å²) in [6.07, 6.45) is 4.53. The lowest BCUT2D eigenvalue weighted by atomic mass is 9.98. The number of hydrogen-bond donors (Lipinski definition) is 1. The van der Waals surface area contributed by atoms with Crippen molar-refractivity contribution in [1.82, 2.24) is 9.80 Å². The van der Waals surface area contributed by atoms with Gasteiger partial charge in [-0.3, -0.25) is 0 Å². The summed E-state index contributed by atoms with van der Waals surface area (Å²) >= 11 is 0. The highest BCUT2D eigenvalue weighted by Gasteiger charge is 2.27. The van der Waals surface area contributed by atoms with E-state index in [1.54, 1.807) is 42.0 Å². The van der Waals surface area contributed by atoms with Gasteiger partial charge in [-0.2, -0.15) is 0 Å². The zero-order valence-electron chi connectivity index (χ0n) is 19.7. The van der Waals surface area contributed by atoms with Crippen molar-refractivity contribution < 1.29 is 23.9 Å². The molecule has 3 amide bonds. The molecule has 0 radical (unpaired) electrons. The molecule has 1 fully saturated rings. The van der Waals surface area contributed by atoms with Gasteiger partial charge in [0.25, 0.3) is 0 Å². The summed E-state index contributed by atoms with van der Waals surface area (Å²) < 4.78 is 10.3. The first-order valence-corrected chi connectivity index (χ1v) is 11.0. The topological polar surface area (TPSA) is 88.2 Å². The normalized spacial score (nSPS) is 16.5. The number of likely N-dealkylation sites (tertiary alicyclic amines) is 1. The van der Waals surface area contributed by atoms with Gasteiger partial charge in [0.15, 0.2) is 0 Å². The summed E-state index contributed by atoms with van der Waals surface area (Å²) in [5.74, 6) is -0.191. The van der Waals surface area contributed by atoms with E-state index in [2.05, 4.69) is 5.32 Å². The number of hydrogen-bond acceptors (Lipinski definition) is 5. The van der Waals surface area contributed by atoms with Crippen LogP contribution in [0.5, 0.6) is 0 Å². The van der Waals surface area contributed by atoms with Crippen LogP contribution in [0.4, 0.5) is 15.3 Å². The number of amides is 3. The van der Waals surface area contributed by atoms with Crippen molar-refractivity contribution >= 4 is 29.9 Å². The maximum absolute atomic E-state index is 12.7. The predicted octanol–water partition coefficient (Wildman–Crippen LogP) is 4.37. The Balaban J connectivity index is 1.86. The SMILES string of the molecule is CCOC(=O)/C=C/c1ccc(NC(=O)N2CCCC(CN(C)C(=O)OC(C)(C)C)C2)cc1. The summed E-state index contributed by atoms with van der Waals surface area (Å²) in [5.41, 5.74) is 0.976. The number of esters is 1. The summed E-state index contributed by atoms with van der Waals surface area (Å²) in [7, 11) is 1.73. The molecule has 2 rings (SSSR count). The monoisotopic (exact) mass is 445 g/mol. The van der Waals surface area contributed by atoms with Crippen molar-refractivity contribution in [3.8, 4) is 0 Å². The van der Waals surface area contributed by atoms with Crippen LogP contribution < -0.4 is 5.32 Å². The fourth-order valence-electron chi connectivity index (χ4n) is 3.43. The smallest absolute Gasteiger partial charge is 0.410 e. The molecule has 1 unspecified atom stereocenters. The van der Waals surface area contributed by atoms with E-state index in [9.17, 15) is 14.4 Å². The molecular weight excluding hydrogens is 410 g/mol. The fourth-order valence-corrected chi connectivity index (χ4v) is 3.43. The maximum atomic E-state index is 12.7. The molecule has 1 aromatic rings. The summed E-state index contributed by atoms with van der Waals surface area (Å²) in [6.45, 7) is 9.42. The Morgan fingerprint density at radius 3 is 2.53 bits per heavy atom. The van der Waals surface area contributed by atoms with Gasteiger partial charge in [0, 0.05) is 38.4 Å². The van der Waals surface area contributed by atoms with Gasteiger partial charge < -0.3 is 24.6 Å².